The lowest BCUT2D eigenvalue weighted by Gasteiger charge is -2.28. The SMILES string of the molecule is COc1ccc2c(c1)CCCC2CNC(=O)[C@H]1CCCN1C(C)=O. The van der Waals surface area contributed by atoms with Crippen LogP contribution in [0.5, 0.6) is 5.75 Å². The Morgan fingerprint density at radius 2 is 2.12 bits per heavy atom. The van der Waals surface area contributed by atoms with Crippen molar-refractivity contribution in [3.63, 3.8) is 0 Å². The van der Waals surface area contributed by atoms with Gasteiger partial charge in [0.15, 0.2) is 0 Å². The van der Waals surface area contributed by atoms with Crippen molar-refractivity contribution in [2.24, 2.45) is 0 Å². The van der Waals surface area contributed by atoms with Crippen molar-refractivity contribution in [1.82, 2.24) is 10.2 Å². The van der Waals surface area contributed by atoms with Gasteiger partial charge in [0.25, 0.3) is 0 Å². The van der Waals surface area contributed by atoms with Crippen LogP contribution < -0.4 is 10.1 Å². The topological polar surface area (TPSA) is 58.6 Å². The minimum Gasteiger partial charge on any atom is -0.497 e. The van der Waals surface area contributed by atoms with Gasteiger partial charge in [0.2, 0.25) is 11.8 Å². The second-order valence-electron chi connectivity index (χ2n) is 6.77. The molecule has 24 heavy (non-hydrogen) atoms. The van der Waals surface area contributed by atoms with Gasteiger partial charge >= 0.3 is 0 Å². The lowest BCUT2D eigenvalue weighted by Crippen LogP contribution is -2.46. The summed E-state index contributed by atoms with van der Waals surface area (Å²) in [6, 6.07) is 5.94. The van der Waals surface area contributed by atoms with Crippen molar-refractivity contribution in [1.29, 1.82) is 0 Å². The van der Waals surface area contributed by atoms with Gasteiger partial charge < -0.3 is 15.0 Å². The lowest BCUT2D eigenvalue weighted by atomic mass is 9.82. The number of aryl methyl sites for hydroxylation is 1. The predicted molar refractivity (Wildman–Crippen MR) is 92.1 cm³/mol. The van der Waals surface area contributed by atoms with E-state index in [4.69, 9.17) is 4.74 Å². The molecule has 1 aliphatic heterocycles. The third-order valence-electron chi connectivity index (χ3n) is 5.27. The van der Waals surface area contributed by atoms with Crippen LogP contribution in [-0.2, 0) is 16.0 Å². The molecule has 0 saturated carbocycles. The highest BCUT2D eigenvalue weighted by Crippen LogP contribution is 2.33. The second kappa shape index (κ2) is 7.24. The number of methoxy groups -OCH3 is 1. The zero-order valence-corrected chi connectivity index (χ0v) is 14.5. The molecule has 0 aromatic heterocycles. The predicted octanol–water partition coefficient (Wildman–Crippen LogP) is 2.24. The zero-order chi connectivity index (χ0) is 17.1. The second-order valence-corrected chi connectivity index (χ2v) is 6.77. The van der Waals surface area contributed by atoms with Crippen LogP contribution in [-0.4, -0.2) is 43.0 Å². The zero-order valence-electron chi connectivity index (χ0n) is 14.5. The summed E-state index contributed by atoms with van der Waals surface area (Å²) in [7, 11) is 1.69. The first-order valence-corrected chi connectivity index (χ1v) is 8.82. The molecule has 5 heteroatoms. The average molecular weight is 330 g/mol. The van der Waals surface area contributed by atoms with Crippen molar-refractivity contribution in [3.8, 4) is 5.75 Å². The van der Waals surface area contributed by atoms with Gasteiger partial charge in [-0.15, -0.1) is 0 Å². The summed E-state index contributed by atoms with van der Waals surface area (Å²) in [4.78, 5) is 25.8. The Kier molecular flexibility index (Phi) is 5.07. The molecule has 1 aromatic carbocycles. The van der Waals surface area contributed by atoms with Crippen molar-refractivity contribution in [3.05, 3.63) is 29.3 Å². The fraction of sp³-hybridized carbons (Fsp3) is 0.579. The van der Waals surface area contributed by atoms with Gasteiger partial charge in [-0.2, -0.15) is 0 Å². The molecule has 0 radical (unpaired) electrons. The molecule has 5 nitrogen and oxygen atoms in total. The minimum absolute atomic E-state index is 0.0108. The molecule has 1 heterocycles. The van der Waals surface area contributed by atoms with Gasteiger partial charge in [-0.3, -0.25) is 9.59 Å². The standard InChI is InChI=1S/C19H26N2O3/c1-13(22)21-10-4-7-18(21)19(23)20-12-15-6-3-5-14-11-16(24-2)8-9-17(14)15/h8-9,11,15,18H,3-7,10,12H2,1-2H3,(H,20,23)/t15?,18-/m1/s1. The Bertz CT molecular complexity index is 629. The Morgan fingerprint density at radius 1 is 1.29 bits per heavy atom. The molecule has 1 aliphatic carbocycles. The van der Waals surface area contributed by atoms with Crippen LogP contribution in [0, 0.1) is 0 Å². The number of hydrogen-bond donors (Lipinski definition) is 1. The number of amides is 2. The number of likely N-dealkylation sites (tertiary alicyclic amines) is 1. The molecule has 2 aliphatic rings. The van der Waals surface area contributed by atoms with E-state index in [0.29, 0.717) is 19.0 Å². The first kappa shape index (κ1) is 16.8. The largest absolute Gasteiger partial charge is 0.497 e. The van der Waals surface area contributed by atoms with Crippen LogP contribution >= 0.6 is 0 Å². The summed E-state index contributed by atoms with van der Waals surface area (Å²) < 4.78 is 5.31. The quantitative estimate of drug-likeness (QED) is 0.921. The van der Waals surface area contributed by atoms with Crippen molar-refractivity contribution >= 4 is 11.8 Å². The maximum Gasteiger partial charge on any atom is 0.242 e. The van der Waals surface area contributed by atoms with Crippen LogP contribution in [0.25, 0.3) is 0 Å². The molecule has 0 spiro atoms. The molecule has 1 N–H and O–H groups in total. The van der Waals surface area contributed by atoms with Crippen LogP contribution in [0.15, 0.2) is 18.2 Å². The summed E-state index contributed by atoms with van der Waals surface area (Å²) in [5.41, 5.74) is 2.64. The normalized spacial score (nSPS) is 22.8. The van der Waals surface area contributed by atoms with E-state index >= 15 is 0 Å². The van der Waals surface area contributed by atoms with Crippen LogP contribution in [0.1, 0.15) is 49.7 Å². The minimum atomic E-state index is -0.290. The number of carbonyl (C=O) groups excluding carboxylic acids is 2. The van der Waals surface area contributed by atoms with Crippen LogP contribution in [0.3, 0.4) is 0 Å². The number of benzene rings is 1. The molecule has 2 amide bonds. The number of nitrogens with one attached hydrogen (secondary N) is 1. The maximum atomic E-state index is 12.5. The van der Waals surface area contributed by atoms with Crippen LogP contribution in [0.2, 0.25) is 0 Å². The highest BCUT2D eigenvalue weighted by atomic mass is 16.5. The third kappa shape index (κ3) is 3.40. The van der Waals surface area contributed by atoms with Gasteiger partial charge in [-0.05, 0) is 55.4 Å². The number of rotatable bonds is 4. The number of ether oxygens (including phenoxy) is 1. The van der Waals surface area contributed by atoms with E-state index in [9.17, 15) is 9.59 Å². The summed E-state index contributed by atoms with van der Waals surface area (Å²) in [5.74, 6) is 1.21. The summed E-state index contributed by atoms with van der Waals surface area (Å²) in [6.07, 6.45) is 4.95. The van der Waals surface area contributed by atoms with Gasteiger partial charge in [0.05, 0.1) is 7.11 Å². The van der Waals surface area contributed by atoms with Crippen molar-refractivity contribution in [2.75, 3.05) is 20.2 Å². The number of fused-ring (bicyclic) bond motifs is 1. The van der Waals surface area contributed by atoms with E-state index in [0.717, 1.165) is 37.9 Å². The first-order chi connectivity index (χ1) is 11.6. The fourth-order valence-electron chi connectivity index (χ4n) is 3.99. The van der Waals surface area contributed by atoms with Gasteiger partial charge in [-0.1, -0.05) is 6.07 Å². The summed E-state index contributed by atoms with van der Waals surface area (Å²) in [5, 5.41) is 3.08. The fourth-order valence-corrected chi connectivity index (χ4v) is 3.99. The molecular formula is C19H26N2O3. The lowest BCUT2D eigenvalue weighted by molar-refractivity contribution is -0.136. The van der Waals surface area contributed by atoms with E-state index < -0.39 is 0 Å². The molecule has 2 atom stereocenters. The Morgan fingerprint density at radius 3 is 2.88 bits per heavy atom. The van der Waals surface area contributed by atoms with Crippen LogP contribution in [0.4, 0.5) is 0 Å². The van der Waals surface area contributed by atoms with E-state index in [1.807, 2.05) is 6.07 Å². The third-order valence-corrected chi connectivity index (χ3v) is 5.27. The van der Waals surface area contributed by atoms with E-state index in [1.54, 1.807) is 12.0 Å². The highest BCUT2D eigenvalue weighted by Gasteiger charge is 2.32. The number of nitrogens with zero attached hydrogens (tertiary/aromatic N) is 1. The van der Waals surface area contributed by atoms with E-state index in [1.165, 1.54) is 18.1 Å². The van der Waals surface area contributed by atoms with E-state index in [-0.39, 0.29) is 17.9 Å². The van der Waals surface area contributed by atoms with Gasteiger partial charge in [-0.25, -0.2) is 0 Å². The smallest absolute Gasteiger partial charge is 0.242 e. The highest BCUT2D eigenvalue weighted by molar-refractivity contribution is 5.87. The molecule has 1 unspecified atom stereocenters. The van der Waals surface area contributed by atoms with Gasteiger partial charge in [0.1, 0.15) is 11.8 Å². The number of carbonyl (C=O) groups is 2. The summed E-state index contributed by atoms with van der Waals surface area (Å²) >= 11 is 0. The van der Waals surface area contributed by atoms with Gasteiger partial charge in [0, 0.05) is 25.9 Å². The monoisotopic (exact) mass is 330 g/mol. The Hall–Kier alpha value is -2.04. The number of hydrogen-bond acceptors (Lipinski definition) is 3. The molecule has 3 rings (SSSR count). The van der Waals surface area contributed by atoms with Crippen molar-refractivity contribution < 1.29 is 14.3 Å². The molecule has 1 aromatic rings. The van der Waals surface area contributed by atoms with Crippen molar-refractivity contribution in [2.45, 2.75) is 51.0 Å². The first-order valence-electron chi connectivity index (χ1n) is 8.82. The van der Waals surface area contributed by atoms with E-state index in [2.05, 4.69) is 17.4 Å². The Labute approximate surface area is 143 Å². The maximum absolute atomic E-state index is 12.5. The molecule has 130 valence electrons. The Balaban J connectivity index is 1.63. The molecule has 1 saturated heterocycles. The average Bonchev–Trinajstić information content (AvgIpc) is 3.09. The molecular weight excluding hydrogens is 304 g/mol. The molecule has 1 fully saturated rings. The summed E-state index contributed by atoms with van der Waals surface area (Å²) in [6.45, 7) is 2.87. The molecule has 0 bridgehead atoms.